The third kappa shape index (κ3) is 5.12. The van der Waals surface area contributed by atoms with Crippen LogP contribution in [-0.4, -0.2) is 86.9 Å². The maximum Gasteiger partial charge on any atom is 0.245 e. The Hall–Kier alpha value is -2.04. The number of amides is 3. The molecule has 3 unspecified atom stereocenters. The van der Waals surface area contributed by atoms with Crippen molar-refractivity contribution in [1.29, 1.82) is 0 Å². The van der Waals surface area contributed by atoms with Crippen molar-refractivity contribution >= 4 is 23.5 Å². The summed E-state index contributed by atoms with van der Waals surface area (Å²) < 4.78 is 0. The standard InChI is InChI=1S/C19H32N4O6/c1-10(24)12(17(21)27)9-15(26)13-5-3-7-22(13)18(28)14-6-4-8-23(14)19(29)16(20)11(2)25/h10-14,16,24-25H,3-9,20H2,1-2H3,(H2,21,27)/t10-,11-,12+,13?,14?,16?/m1/s1. The Morgan fingerprint density at radius 1 is 0.966 bits per heavy atom. The van der Waals surface area contributed by atoms with Gasteiger partial charge in [-0.25, -0.2) is 0 Å². The van der Waals surface area contributed by atoms with Crippen molar-refractivity contribution in [2.75, 3.05) is 13.1 Å². The number of Topliss-reactive ketones (excluding diaryl/α,β-unsaturated/α-hetero) is 1. The second-order valence-electron chi connectivity index (χ2n) is 8.07. The molecule has 0 aromatic heterocycles. The molecule has 0 bridgehead atoms. The predicted molar refractivity (Wildman–Crippen MR) is 103 cm³/mol. The fraction of sp³-hybridized carbons (Fsp3) is 0.789. The van der Waals surface area contributed by atoms with Gasteiger partial charge in [0.15, 0.2) is 5.78 Å². The van der Waals surface area contributed by atoms with Crippen molar-refractivity contribution < 1.29 is 29.4 Å². The van der Waals surface area contributed by atoms with Crippen molar-refractivity contribution in [3.63, 3.8) is 0 Å². The Morgan fingerprint density at radius 3 is 2.03 bits per heavy atom. The van der Waals surface area contributed by atoms with Gasteiger partial charge < -0.3 is 31.5 Å². The molecule has 2 rings (SSSR count). The summed E-state index contributed by atoms with van der Waals surface area (Å²) in [6, 6.07) is -2.53. The van der Waals surface area contributed by atoms with Crippen LogP contribution in [0.1, 0.15) is 46.0 Å². The highest BCUT2D eigenvalue weighted by molar-refractivity contribution is 5.95. The SMILES string of the molecule is C[C@@H](O)C(N)C(=O)N1CCCC1C(=O)N1CCCC1C(=O)C[C@H](C(N)=O)[C@@H](C)O. The molecule has 0 spiro atoms. The van der Waals surface area contributed by atoms with Gasteiger partial charge in [-0.15, -0.1) is 0 Å². The summed E-state index contributed by atoms with van der Waals surface area (Å²) in [5.41, 5.74) is 11.0. The van der Waals surface area contributed by atoms with Crippen LogP contribution in [0.3, 0.4) is 0 Å². The Morgan fingerprint density at radius 2 is 1.52 bits per heavy atom. The molecule has 10 heteroatoms. The second-order valence-corrected chi connectivity index (χ2v) is 8.07. The Bertz CT molecular complexity index is 653. The molecule has 6 N–H and O–H groups in total. The molecule has 2 heterocycles. The topological polar surface area (TPSA) is 167 Å². The van der Waals surface area contributed by atoms with E-state index in [2.05, 4.69) is 0 Å². The lowest BCUT2D eigenvalue weighted by Gasteiger charge is -2.32. The minimum atomic E-state index is -1.11. The highest BCUT2D eigenvalue weighted by atomic mass is 16.3. The summed E-state index contributed by atoms with van der Waals surface area (Å²) >= 11 is 0. The van der Waals surface area contributed by atoms with Gasteiger partial charge >= 0.3 is 0 Å². The Balaban J connectivity index is 2.11. The van der Waals surface area contributed by atoms with Crippen molar-refractivity contribution in [3.05, 3.63) is 0 Å². The van der Waals surface area contributed by atoms with Crippen molar-refractivity contribution in [3.8, 4) is 0 Å². The van der Waals surface area contributed by atoms with Gasteiger partial charge in [0.2, 0.25) is 17.7 Å². The molecule has 3 amide bonds. The summed E-state index contributed by atoms with van der Waals surface area (Å²) in [6.45, 7) is 3.57. The van der Waals surface area contributed by atoms with Crippen LogP contribution in [0.2, 0.25) is 0 Å². The summed E-state index contributed by atoms with van der Waals surface area (Å²) in [5.74, 6) is -2.90. The molecule has 164 valence electrons. The van der Waals surface area contributed by atoms with E-state index in [-0.39, 0.29) is 18.1 Å². The van der Waals surface area contributed by atoms with Gasteiger partial charge in [0.05, 0.1) is 24.2 Å². The number of aliphatic hydroxyl groups is 2. The lowest BCUT2D eigenvalue weighted by molar-refractivity contribution is -0.148. The average Bonchev–Trinajstić information content (AvgIpc) is 3.32. The third-order valence-corrected chi connectivity index (χ3v) is 5.90. The van der Waals surface area contributed by atoms with Crippen LogP contribution >= 0.6 is 0 Å². The second kappa shape index (κ2) is 9.64. The lowest BCUT2D eigenvalue weighted by Crippen LogP contribution is -2.56. The highest BCUT2D eigenvalue weighted by Crippen LogP contribution is 2.27. The number of likely N-dealkylation sites (tertiary alicyclic amines) is 2. The first-order valence-corrected chi connectivity index (χ1v) is 10.1. The van der Waals surface area contributed by atoms with Gasteiger partial charge in [-0.3, -0.25) is 19.2 Å². The monoisotopic (exact) mass is 412 g/mol. The summed E-state index contributed by atoms with van der Waals surface area (Å²) in [7, 11) is 0. The molecular weight excluding hydrogens is 380 g/mol. The number of ketones is 1. The molecule has 0 radical (unpaired) electrons. The number of primary amides is 1. The number of carbonyl (C=O) groups is 4. The summed E-state index contributed by atoms with van der Waals surface area (Å²) in [4.78, 5) is 52.8. The molecule has 0 saturated carbocycles. The quantitative estimate of drug-likeness (QED) is 0.362. The van der Waals surface area contributed by atoms with E-state index in [9.17, 15) is 29.4 Å². The lowest BCUT2D eigenvalue weighted by atomic mass is 9.92. The van der Waals surface area contributed by atoms with Gasteiger partial charge in [0.25, 0.3) is 0 Å². The smallest absolute Gasteiger partial charge is 0.245 e. The van der Waals surface area contributed by atoms with E-state index in [0.29, 0.717) is 38.8 Å². The first-order chi connectivity index (χ1) is 13.6. The molecule has 0 aromatic rings. The zero-order chi connectivity index (χ0) is 21.9. The fourth-order valence-corrected chi connectivity index (χ4v) is 4.10. The van der Waals surface area contributed by atoms with Gasteiger partial charge in [0, 0.05) is 19.5 Å². The van der Waals surface area contributed by atoms with Crippen LogP contribution in [0.5, 0.6) is 0 Å². The van der Waals surface area contributed by atoms with E-state index in [0.717, 1.165) is 0 Å². The van der Waals surface area contributed by atoms with E-state index in [1.807, 2.05) is 0 Å². The van der Waals surface area contributed by atoms with Crippen molar-refractivity contribution in [2.45, 2.75) is 76.3 Å². The number of rotatable bonds is 8. The molecule has 2 aliphatic rings. The van der Waals surface area contributed by atoms with E-state index >= 15 is 0 Å². The van der Waals surface area contributed by atoms with Crippen LogP contribution in [0.15, 0.2) is 0 Å². The van der Waals surface area contributed by atoms with Crippen LogP contribution in [-0.2, 0) is 19.2 Å². The van der Waals surface area contributed by atoms with Crippen LogP contribution in [0.4, 0.5) is 0 Å². The molecule has 2 saturated heterocycles. The first kappa shape index (κ1) is 23.2. The maximum atomic E-state index is 13.2. The normalized spacial score (nSPS) is 26.1. The van der Waals surface area contributed by atoms with Crippen LogP contribution in [0.25, 0.3) is 0 Å². The maximum absolute atomic E-state index is 13.2. The van der Waals surface area contributed by atoms with Crippen LogP contribution < -0.4 is 11.5 Å². The van der Waals surface area contributed by atoms with E-state index in [1.165, 1.54) is 23.6 Å². The average molecular weight is 412 g/mol. The van der Waals surface area contributed by atoms with E-state index < -0.39 is 48.1 Å². The number of nitrogens with two attached hydrogens (primary N) is 2. The van der Waals surface area contributed by atoms with Gasteiger partial charge in [0.1, 0.15) is 12.1 Å². The zero-order valence-corrected chi connectivity index (χ0v) is 17.0. The van der Waals surface area contributed by atoms with E-state index in [4.69, 9.17) is 11.5 Å². The summed E-state index contributed by atoms with van der Waals surface area (Å²) in [5, 5.41) is 19.3. The fourth-order valence-electron chi connectivity index (χ4n) is 4.10. The number of hydrogen-bond donors (Lipinski definition) is 4. The predicted octanol–water partition coefficient (Wildman–Crippen LogP) is -1.88. The molecule has 0 aromatic carbocycles. The zero-order valence-electron chi connectivity index (χ0n) is 17.0. The molecule has 2 aliphatic heterocycles. The number of carbonyl (C=O) groups excluding carboxylic acids is 4. The Labute approximate surface area is 170 Å². The highest BCUT2D eigenvalue weighted by Gasteiger charge is 2.43. The van der Waals surface area contributed by atoms with Gasteiger partial charge in [-0.1, -0.05) is 0 Å². The summed E-state index contributed by atoms with van der Waals surface area (Å²) in [6.07, 6.45) is -0.144. The number of hydrogen-bond acceptors (Lipinski definition) is 7. The van der Waals surface area contributed by atoms with E-state index in [1.54, 1.807) is 0 Å². The number of aliphatic hydroxyl groups excluding tert-OH is 2. The minimum Gasteiger partial charge on any atom is -0.393 e. The Kier molecular flexibility index (Phi) is 7.73. The molecule has 2 fully saturated rings. The molecular formula is C19H32N4O6. The molecule has 29 heavy (non-hydrogen) atoms. The van der Waals surface area contributed by atoms with Crippen molar-refractivity contribution in [2.24, 2.45) is 17.4 Å². The molecule has 0 aliphatic carbocycles. The van der Waals surface area contributed by atoms with Crippen LogP contribution in [0, 0.1) is 5.92 Å². The largest absolute Gasteiger partial charge is 0.393 e. The van der Waals surface area contributed by atoms with Crippen molar-refractivity contribution in [1.82, 2.24) is 9.80 Å². The van der Waals surface area contributed by atoms with Gasteiger partial charge in [-0.05, 0) is 39.5 Å². The molecule has 10 nitrogen and oxygen atoms in total. The molecule has 6 atom stereocenters. The van der Waals surface area contributed by atoms with Gasteiger partial charge in [-0.2, -0.15) is 0 Å². The number of nitrogens with zero attached hydrogens (tertiary/aromatic N) is 2. The third-order valence-electron chi connectivity index (χ3n) is 5.90. The minimum absolute atomic E-state index is 0.234. The first-order valence-electron chi connectivity index (χ1n) is 10.1.